The Balaban J connectivity index is 2.26. The topological polar surface area (TPSA) is 81.4 Å². The number of nitrogens with one attached hydrogen (secondary N) is 1. The van der Waals surface area contributed by atoms with E-state index in [0.29, 0.717) is 23.5 Å². The van der Waals surface area contributed by atoms with Crippen LogP contribution in [0.25, 0.3) is 0 Å². The molecule has 0 spiro atoms. The van der Waals surface area contributed by atoms with Crippen molar-refractivity contribution in [1.29, 1.82) is 0 Å². The van der Waals surface area contributed by atoms with Gasteiger partial charge in [0.25, 0.3) is 0 Å². The molecule has 110 valence electrons. The van der Waals surface area contributed by atoms with Gasteiger partial charge in [0.05, 0.1) is 12.9 Å². The molecule has 20 heavy (non-hydrogen) atoms. The number of thioether (sulfide) groups is 1. The summed E-state index contributed by atoms with van der Waals surface area (Å²) in [5, 5.41) is 2.66. The summed E-state index contributed by atoms with van der Waals surface area (Å²) in [7, 11) is 1.32. The van der Waals surface area contributed by atoms with Gasteiger partial charge in [-0.25, -0.2) is 4.39 Å². The second-order valence-electron chi connectivity index (χ2n) is 4.00. The number of hydrogen-bond donors (Lipinski definition) is 2. The fourth-order valence-electron chi connectivity index (χ4n) is 1.39. The largest absolute Gasteiger partial charge is 0.469 e. The van der Waals surface area contributed by atoms with Crippen LogP contribution in [0.5, 0.6) is 0 Å². The molecule has 1 aromatic carbocycles. The molecule has 0 aliphatic heterocycles. The molecule has 0 aromatic heterocycles. The maximum absolute atomic E-state index is 13.0. The van der Waals surface area contributed by atoms with Crippen LogP contribution in [0.15, 0.2) is 23.1 Å². The number of halogens is 1. The zero-order chi connectivity index (χ0) is 15.0. The number of esters is 1. The fraction of sp³-hybridized carbons (Fsp3) is 0.385. The van der Waals surface area contributed by atoms with Crippen molar-refractivity contribution in [3.8, 4) is 0 Å². The lowest BCUT2D eigenvalue weighted by molar-refractivity contribution is -0.140. The molecule has 0 atom stereocenters. The molecule has 1 aromatic rings. The Morgan fingerprint density at radius 2 is 2.20 bits per heavy atom. The molecule has 0 radical (unpaired) electrons. The molecular formula is C13H17FN2O3S. The van der Waals surface area contributed by atoms with Gasteiger partial charge in [0.15, 0.2) is 0 Å². The average Bonchev–Trinajstić information content (AvgIpc) is 2.44. The molecule has 0 saturated heterocycles. The Kier molecular flexibility index (Phi) is 6.86. The first-order valence-electron chi connectivity index (χ1n) is 6.04. The molecule has 7 heteroatoms. The highest BCUT2D eigenvalue weighted by Crippen LogP contribution is 2.25. The third-order valence-corrected chi connectivity index (χ3v) is 3.51. The Bertz CT molecular complexity index is 483. The molecule has 0 aliphatic carbocycles. The Morgan fingerprint density at radius 3 is 2.90 bits per heavy atom. The molecule has 1 rings (SSSR count). The maximum Gasteiger partial charge on any atom is 0.305 e. The number of nitrogen functional groups attached to an aromatic ring is 1. The summed E-state index contributed by atoms with van der Waals surface area (Å²) in [6, 6.07) is 4.03. The summed E-state index contributed by atoms with van der Waals surface area (Å²) < 4.78 is 17.5. The quantitative estimate of drug-likeness (QED) is 0.346. The number of amides is 1. The van der Waals surface area contributed by atoms with Crippen LogP contribution in [0.3, 0.4) is 0 Å². The van der Waals surface area contributed by atoms with Gasteiger partial charge in [-0.3, -0.25) is 9.59 Å². The van der Waals surface area contributed by atoms with Gasteiger partial charge in [-0.05, 0) is 24.6 Å². The van der Waals surface area contributed by atoms with Crippen LogP contribution in [0.2, 0.25) is 0 Å². The summed E-state index contributed by atoms with van der Waals surface area (Å²) in [6.45, 7) is 0.396. The smallest absolute Gasteiger partial charge is 0.305 e. The van der Waals surface area contributed by atoms with Gasteiger partial charge in [-0.1, -0.05) is 0 Å². The third kappa shape index (κ3) is 5.92. The highest BCUT2D eigenvalue weighted by atomic mass is 32.2. The predicted molar refractivity (Wildman–Crippen MR) is 75.8 cm³/mol. The van der Waals surface area contributed by atoms with Crippen molar-refractivity contribution in [2.24, 2.45) is 0 Å². The van der Waals surface area contributed by atoms with Gasteiger partial charge >= 0.3 is 5.97 Å². The van der Waals surface area contributed by atoms with Gasteiger partial charge in [0.2, 0.25) is 5.91 Å². The van der Waals surface area contributed by atoms with Crippen molar-refractivity contribution in [3.05, 3.63) is 24.0 Å². The van der Waals surface area contributed by atoms with E-state index in [4.69, 9.17) is 5.73 Å². The number of anilines is 1. The number of methoxy groups -OCH3 is 1. The molecule has 5 nitrogen and oxygen atoms in total. The van der Waals surface area contributed by atoms with Gasteiger partial charge in [0, 0.05) is 23.5 Å². The van der Waals surface area contributed by atoms with Crippen molar-refractivity contribution in [2.45, 2.75) is 17.7 Å². The summed E-state index contributed by atoms with van der Waals surface area (Å²) in [4.78, 5) is 22.9. The highest BCUT2D eigenvalue weighted by molar-refractivity contribution is 8.00. The number of nitrogens with two attached hydrogens (primary N) is 1. The molecule has 0 unspecified atom stereocenters. The standard InChI is InChI=1S/C13H17FN2O3S/c1-19-13(18)3-2-6-16-12(17)8-20-11-7-9(14)4-5-10(11)15/h4-5,7H,2-3,6,8,15H2,1H3,(H,16,17). The monoisotopic (exact) mass is 300 g/mol. The van der Waals surface area contributed by atoms with Gasteiger partial charge in [-0.15, -0.1) is 11.8 Å². The van der Waals surface area contributed by atoms with E-state index in [2.05, 4.69) is 10.1 Å². The predicted octanol–water partition coefficient (Wildman–Crippen LogP) is 1.57. The minimum absolute atomic E-state index is 0.145. The number of hydrogen-bond acceptors (Lipinski definition) is 5. The van der Waals surface area contributed by atoms with Crippen LogP contribution in [0.1, 0.15) is 12.8 Å². The normalized spacial score (nSPS) is 10.1. The average molecular weight is 300 g/mol. The van der Waals surface area contributed by atoms with Gasteiger partial charge in [0.1, 0.15) is 5.82 Å². The zero-order valence-electron chi connectivity index (χ0n) is 11.1. The van der Waals surface area contributed by atoms with Crippen LogP contribution in [-0.2, 0) is 14.3 Å². The van der Waals surface area contributed by atoms with Crippen LogP contribution < -0.4 is 11.1 Å². The lowest BCUT2D eigenvalue weighted by Crippen LogP contribution is -2.26. The molecule has 0 heterocycles. The Labute approximate surface area is 121 Å². The van der Waals surface area contributed by atoms with Crippen molar-refractivity contribution >= 4 is 29.3 Å². The van der Waals surface area contributed by atoms with Crippen LogP contribution in [0, 0.1) is 5.82 Å². The minimum atomic E-state index is -0.389. The minimum Gasteiger partial charge on any atom is -0.469 e. The summed E-state index contributed by atoms with van der Waals surface area (Å²) in [5.74, 6) is -0.740. The number of rotatable bonds is 7. The van der Waals surface area contributed by atoms with Gasteiger partial charge < -0.3 is 15.8 Å². The number of carbonyl (C=O) groups excluding carboxylic acids is 2. The molecule has 0 saturated carbocycles. The van der Waals surface area contributed by atoms with Crippen molar-refractivity contribution in [2.75, 3.05) is 25.1 Å². The number of ether oxygens (including phenoxy) is 1. The second-order valence-corrected chi connectivity index (χ2v) is 5.02. The molecule has 1 amide bonds. The molecule has 0 fully saturated rings. The Hall–Kier alpha value is -1.76. The van der Waals surface area contributed by atoms with E-state index in [9.17, 15) is 14.0 Å². The fourth-order valence-corrected chi connectivity index (χ4v) is 2.21. The van der Waals surface area contributed by atoms with Gasteiger partial charge in [-0.2, -0.15) is 0 Å². The van der Waals surface area contributed by atoms with E-state index in [-0.39, 0.29) is 29.9 Å². The first-order chi connectivity index (χ1) is 9.52. The number of benzene rings is 1. The van der Waals surface area contributed by atoms with Crippen LogP contribution >= 0.6 is 11.8 Å². The Morgan fingerprint density at radius 1 is 1.45 bits per heavy atom. The molecular weight excluding hydrogens is 283 g/mol. The lowest BCUT2D eigenvalue weighted by atomic mass is 10.3. The number of carbonyl (C=O) groups is 2. The van der Waals surface area contributed by atoms with E-state index < -0.39 is 0 Å². The van der Waals surface area contributed by atoms with Crippen molar-refractivity contribution in [1.82, 2.24) is 5.32 Å². The molecule has 0 aliphatic rings. The van der Waals surface area contributed by atoms with E-state index in [1.807, 2.05) is 0 Å². The van der Waals surface area contributed by atoms with Crippen LogP contribution in [0.4, 0.5) is 10.1 Å². The summed E-state index contributed by atoms with van der Waals surface area (Å²) in [5.41, 5.74) is 6.12. The molecule has 0 bridgehead atoms. The van der Waals surface area contributed by atoms with Crippen molar-refractivity contribution in [3.63, 3.8) is 0 Å². The maximum atomic E-state index is 13.0. The second kappa shape index (κ2) is 8.42. The van der Waals surface area contributed by atoms with E-state index in [1.54, 1.807) is 0 Å². The first-order valence-corrected chi connectivity index (χ1v) is 7.03. The third-order valence-electron chi connectivity index (χ3n) is 2.44. The van der Waals surface area contributed by atoms with E-state index >= 15 is 0 Å². The summed E-state index contributed by atoms with van der Waals surface area (Å²) >= 11 is 1.17. The first kappa shape index (κ1) is 16.3. The SMILES string of the molecule is COC(=O)CCCNC(=O)CSc1cc(F)ccc1N. The molecule has 3 N–H and O–H groups in total. The lowest BCUT2D eigenvalue weighted by Gasteiger charge is -2.06. The van der Waals surface area contributed by atoms with E-state index in [0.717, 1.165) is 0 Å². The van der Waals surface area contributed by atoms with Crippen LogP contribution in [-0.4, -0.2) is 31.3 Å². The highest BCUT2D eigenvalue weighted by Gasteiger charge is 2.07. The zero-order valence-corrected chi connectivity index (χ0v) is 12.0. The summed E-state index contributed by atoms with van der Waals surface area (Å²) in [6.07, 6.45) is 0.784. The van der Waals surface area contributed by atoms with Crippen molar-refractivity contribution < 1.29 is 18.7 Å². The van der Waals surface area contributed by atoms with E-state index in [1.165, 1.54) is 37.1 Å².